The topological polar surface area (TPSA) is 26.3 Å². The van der Waals surface area contributed by atoms with Gasteiger partial charge in [0, 0.05) is 6.42 Å². The molecule has 0 fully saturated rings. The van der Waals surface area contributed by atoms with Crippen LogP contribution in [0.2, 0.25) is 0 Å². The summed E-state index contributed by atoms with van der Waals surface area (Å²) in [5.41, 5.74) is 0.466. The van der Waals surface area contributed by atoms with Gasteiger partial charge in [0.05, 0.1) is 12.2 Å². The molecular weight excluding hydrogens is 262 g/mol. The zero-order valence-electron chi connectivity index (χ0n) is 9.61. The lowest BCUT2D eigenvalue weighted by Crippen LogP contribution is -2.05. The van der Waals surface area contributed by atoms with E-state index in [1.54, 1.807) is 30.3 Å². The molecule has 0 saturated heterocycles. The molecule has 0 radical (unpaired) electrons. The van der Waals surface area contributed by atoms with Crippen LogP contribution >= 0.6 is 11.6 Å². The standard InChI is InChI=1S/C13H13ClF2O2/c14-13(15,16)9-5-2-6-10-18-12(17)11-7-3-1-4-8-11/h1-5,7-8H,6,9-10H2/b5-2+. The number of alkyl halides is 3. The lowest BCUT2D eigenvalue weighted by molar-refractivity contribution is 0.0511. The van der Waals surface area contributed by atoms with Gasteiger partial charge in [-0.3, -0.25) is 0 Å². The van der Waals surface area contributed by atoms with Crippen molar-refractivity contribution in [3.8, 4) is 0 Å². The van der Waals surface area contributed by atoms with Gasteiger partial charge in [0.1, 0.15) is 0 Å². The van der Waals surface area contributed by atoms with E-state index < -0.39 is 17.8 Å². The first-order valence-electron chi connectivity index (χ1n) is 5.43. The summed E-state index contributed by atoms with van der Waals surface area (Å²) in [6, 6.07) is 8.56. The van der Waals surface area contributed by atoms with E-state index in [1.807, 2.05) is 0 Å². The summed E-state index contributed by atoms with van der Waals surface area (Å²) in [6.07, 6.45) is 2.63. The highest BCUT2D eigenvalue weighted by Crippen LogP contribution is 2.23. The molecule has 0 atom stereocenters. The average molecular weight is 275 g/mol. The van der Waals surface area contributed by atoms with Crippen LogP contribution in [0.25, 0.3) is 0 Å². The summed E-state index contributed by atoms with van der Waals surface area (Å²) < 4.78 is 29.4. The predicted octanol–water partition coefficient (Wildman–Crippen LogP) is 4.01. The van der Waals surface area contributed by atoms with Gasteiger partial charge in [-0.15, -0.1) is 0 Å². The molecule has 0 unspecified atom stereocenters. The molecule has 18 heavy (non-hydrogen) atoms. The van der Waals surface area contributed by atoms with Gasteiger partial charge in [0.25, 0.3) is 0 Å². The Kier molecular flexibility index (Phi) is 5.78. The number of allylic oxidation sites excluding steroid dienone is 1. The Hall–Kier alpha value is -1.42. The van der Waals surface area contributed by atoms with Crippen LogP contribution in [0.5, 0.6) is 0 Å². The van der Waals surface area contributed by atoms with E-state index in [0.29, 0.717) is 12.0 Å². The quantitative estimate of drug-likeness (QED) is 0.339. The van der Waals surface area contributed by atoms with Gasteiger partial charge in [-0.05, 0) is 30.2 Å². The number of hydrogen-bond acceptors (Lipinski definition) is 2. The third-order valence-electron chi connectivity index (χ3n) is 2.04. The van der Waals surface area contributed by atoms with Crippen LogP contribution in [0.4, 0.5) is 8.78 Å². The van der Waals surface area contributed by atoms with Crippen molar-refractivity contribution in [1.82, 2.24) is 0 Å². The first kappa shape index (κ1) is 14.6. The molecule has 1 aromatic carbocycles. The van der Waals surface area contributed by atoms with Crippen LogP contribution in [0.15, 0.2) is 42.5 Å². The number of carbonyl (C=O) groups excluding carboxylic acids is 1. The number of rotatable bonds is 6. The number of esters is 1. The maximum Gasteiger partial charge on any atom is 0.338 e. The van der Waals surface area contributed by atoms with Crippen LogP contribution in [0, 0.1) is 0 Å². The van der Waals surface area contributed by atoms with Crippen LogP contribution in [-0.2, 0) is 4.74 Å². The predicted molar refractivity (Wildman–Crippen MR) is 65.9 cm³/mol. The molecule has 0 aliphatic rings. The van der Waals surface area contributed by atoms with Gasteiger partial charge in [-0.25, -0.2) is 4.79 Å². The summed E-state index contributed by atoms with van der Waals surface area (Å²) in [6.45, 7) is 0.151. The van der Waals surface area contributed by atoms with Crippen molar-refractivity contribution >= 4 is 17.6 Å². The van der Waals surface area contributed by atoms with E-state index >= 15 is 0 Å². The van der Waals surface area contributed by atoms with Crippen LogP contribution in [0.3, 0.4) is 0 Å². The molecule has 0 amide bonds. The molecule has 0 spiro atoms. The van der Waals surface area contributed by atoms with Gasteiger partial charge < -0.3 is 4.74 Å². The van der Waals surface area contributed by atoms with Crippen LogP contribution in [-0.4, -0.2) is 18.0 Å². The van der Waals surface area contributed by atoms with E-state index in [2.05, 4.69) is 0 Å². The van der Waals surface area contributed by atoms with Gasteiger partial charge >= 0.3 is 11.4 Å². The number of halogens is 3. The second-order valence-electron chi connectivity index (χ2n) is 3.58. The Balaban J connectivity index is 2.21. The Labute approximate surface area is 109 Å². The fraction of sp³-hybridized carbons (Fsp3) is 0.308. The van der Waals surface area contributed by atoms with Crippen molar-refractivity contribution in [2.24, 2.45) is 0 Å². The van der Waals surface area contributed by atoms with Crippen molar-refractivity contribution in [2.75, 3.05) is 6.61 Å². The van der Waals surface area contributed by atoms with Crippen molar-refractivity contribution in [2.45, 2.75) is 18.2 Å². The molecule has 0 N–H and O–H groups in total. The molecule has 98 valence electrons. The molecule has 1 aromatic rings. The van der Waals surface area contributed by atoms with Gasteiger partial charge in [0.15, 0.2) is 0 Å². The van der Waals surface area contributed by atoms with E-state index in [9.17, 15) is 13.6 Å². The summed E-state index contributed by atoms with van der Waals surface area (Å²) in [5.74, 6) is -0.424. The molecule has 2 nitrogen and oxygen atoms in total. The smallest absolute Gasteiger partial charge is 0.338 e. The average Bonchev–Trinajstić information content (AvgIpc) is 2.33. The zero-order valence-corrected chi connectivity index (χ0v) is 10.4. The highest BCUT2D eigenvalue weighted by Gasteiger charge is 2.21. The lowest BCUT2D eigenvalue weighted by Gasteiger charge is -2.03. The van der Waals surface area contributed by atoms with Gasteiger partial charge in [0.2, 0.25) is 0 Å². The van der Waals surface area contributed by atoms with Crippen molar-refractivity contribution in [3.05, 3.63) is 48.0 Å². The summed E-state index contributed by atoms with van der Waals surface area (Å²) in [5, 5.41) is -3.21. The molecule has 5 heteroatoms. The minimum absolute atomic E-state index is 0.151. The Bertz CT molecular complexity index is 399. The van der Waals surface area contributed by atoms with Gasteiger partial charge in [-0.2, -0.15) is 8.78 Å². The molecule has 0 aliphatic carbocycles. The second-order valence-corrected chi connectivity index (χ2v) is 4.13. The van der Waals surface area contributed by atoms with E-state index in [0.717, 1.165) is 0 Å². The normalized spacial score (nSPS) is 11.7. The maximum absolute atomic E-state index is 12.2. The number of hydrogen-bond donors (Lipinski definition) is 0. The lowest BCUT2D eigenvalue weighted by atomic mass is 10.2. The number of ether oxygens (including phenoxy) is 1. The van der Waals surface area contributed by atoms with E-state index in [1.165, 1.54) is 12.2 Å². The Morgan fingerprint density at radius 1 is 1.28 bits per heavy atom. The van der Waals surface area contributed by atoms with Crippen LogP contribution < -0.4 is 0 Å². The highest BCUT2D eigenvalue weighted by atomic mass is 35.5. The third kappa shape index (κ3) is 6.35. The van der Waals surface area contributed by atoms with E-state index in [4.69, 9.17) is 16.3 Å². The summed E-state index contributed by atoms with van der Waals surface area (Å²) >= 11 is 4.71. The fourth-order valence-electron chi connectivity index (χ4n) is 1.21. The largest absolute Gasteiger partial charge is 0.462 e. The molecule has 1 rings (SSSR count). The minimum Gasteiger partial charge on any atom is -0.462 e. The summed E-state index contributed by atoms with van der Waals surface area (Å²) in [4.78, 5) is 11.4. The number of carbonyl (C=O) groups is 1. The van der Waals surface area contributed by atoms with Crippen molar-refractivity contribution in [3.63, 3.8) is 0 Å². The molecule has 0 heterocycles. The van der Waals surface area contributed by atoms with Crippen molar-refractivity contribution in [1.29, 1.82) is 0 Å². The van der Waals surface area contributed by atoms with Crippen molar-refractivity contribution < 1.29 is 18.3 Å². The first-order chi connectivity index (χ1) is 8.49. The fourth-order valence-corrected chi connectivity index (χ4v) is 1.30. The number of benzene rings is 1. The Morgan fingerprint density at radius 3 is 2.56 bits per heavy atom. The first-order valence-corrected chi connectivity index (χ1v) is 5.81. The van der Waals surface area contributed by atoms with Gasteiger partial charge in [-0.1, -0.05) is 30.4 Å². The Morgan fingerprint density at radius 2 is 1.94 bits per heavy atom. The molecule has 0 aromatic heterocycles. The zero-order chi connectivity index (χ0) is 13.4. The van der Waals surface area contributed by atoms with Crippen LogP contribution in [0.1, 0.15) is 23.2 Å². The molecule has 0 saturated carbocycles. The highest BCUT2D eigenvalue weighted by molar-refractivity contribution is 6.21. The van der Waals surface area contributed by atoms with E-state index in [-0.39, 0.29) is 6.61 Å². The molecule has 0 bridgehead atoms. The third-order valence-corrected chi connectivity index (χ3v) is 2.20. The SMILES string of the molecule is O=C(OCC/C=C/CC(F)(F)Cl)c1ccccc1. The maximum atomic E-state index is 12.2. The molecule has 0 aliphatic heterocycles. The summed E-state index contributed by atoms with van der Waals surface area (Å²) in [7, 11) is 0. The molecular formula is C13H13ClF2O2. The second kappa shape index (κ2) is 7.11. The minimum atomic E-state index is -3.21. The monoisotopic (exact) mass is 274 g/mol.